The normalized spacial score (nSPS) is 11.3. The summed E-state index contributed by atoms with van der Waals surface area (Å²) in [6.45, 7) is 0. The fraction of sp³-hybridized carbons (Fsp3) is 0. The fourth-order valence-corrected chi connectivity index (χ4v) is 1.85. The highest BCUT2D eigenvalue weighted by atomic mass is 16.4. The summed E-state index contributed by atoms with van der Waals surface area (Å²) in [5.41, 5.74) is 2.07. The highest BCUT2D eigenvalue weighted by Crippen LogP contribution is 2.35. The summed E-state index contributed by atoms with van der Waals surface area (Å²) >= 11 is 0. The number of aliphatic carboxylic acids is 1. The molecule has 5 nitrogen and oxygen atoms in total. The van der Waals surface area contributed by atoms with Crippen molar-refractivity contribution in [3.05, 3.63) is 59.2 Å². The third-order valence-electron chi connectivity index (χ3n) is 2.89. The molecule has 0 unspecified atom stereocenters. The second kappa shape index (κ2) is 6.49. The van der Waals surface area contributed by atoms with Crippen molar-refractivity contribution in [1.29, 1.82) is 0 Å². The molecule has 0 saturated heterocycles. The van der Waals surface area contributed by atoms with Crippen LogP contribution in [0.1, 0.15) is 16.7 Å². The van der Waals surface area contributed by atoms with E-state index in [4.69, 9.17) is 5.11 Å². The Morgan fingerprint density at radius 3 is 1.95 bits per heavy atom. The number of benzene rings is 2. The van der Waals surface area contributed by atoms with Gasteiger partial charge in [-0.2, -0.15) is 0 Å². The van der Waals surface area contributed by atoms with Crippen LogP contribution in [0, 0.1) is 0 Å². The summed E-state index contributed by atoms with van der Waals surface area (Å²) in [5.74, 6) is -2.38. The van der Waals surface area contributed by atoms with E-state index in [0.29, 0.717) is 5.56 Å². The molecule has 5 heteroatoms. The Kier molecular flexibility index (Phi) is 4.48. The van der Waals surface area contributed by atoms with Gasteiger partial charge in [0.25, 0.3) is 0 Å². The first-order valence-corrected chi connectivity index (χ1v) is 6.40. The first-order chi connectivity index (χ1) is 10.5. The van der Waals surface area contributed by atoms with Crippen LogP contribution in [0.2, 0.25) is 0 Å². The standard InChI is InChI=1S/C17H14O5/c18-14-9-13(10-15(19)17(14)22)5-4-11-2-1-3-12(8-11)6-7-16(20)21/h1-10,18-19,22H,(H,20,21)/b5-4+,7-6+. The van der Waals surface area contributed by atoms with Crippen LogP contribution in [0.4, 0.5) is 0 Å². The molecule has 0 heterocycles. The van der Waals surface area contributed by atoms with Crippen LogP contribution >= 0.6 is 0 Å². The lowest BCUT2D eigenvalue weighted by molar-refractivity contribution is -0.131. The van der Waals surface area contributed by atoms with Gasteiger partial charge >= 0.3 is 5.97 Å². The van der Waals surface area contributed by atoms with Crippen molar-refractivity contribution in [2.45, 2.75) is 0 Å². The molecule has 2 aromatic carbocycles. The van der Waals surface area contributed by atoms with E-state index in [1.165, 1.54) is 18.2 Å². The SMILES string of the molecule is O=C(O)/C=C/c1cccc(/C=C/c2cc(O)c(O)c(O)c2)c1. The number of carboxylic acid groups (broad SMARTS) is 1. The number of rotatable bonds is 4. The van der Waals surface area contributed by atoms with E-state index >= 15 is 0 Å². The molecule has 0 radical (unpaired) electrons. The molecule has 0 aliphatic rings. The lowest BCUT2D eigenvalue weighted by atomic mass is 10.1. The first-order valence-electron chi connectivity index (χ1n) is 6.40. The lowest BCUT2D eigenvalue weighted by Gasteiger charge is -2.02. The van der Waals surface area contributed by atoms with E-state index in [2.05, 4.69) is 0 Å². The van der Waals surface area contributed by atoms with Crippen LogP contribution in [0.25, 0.3) is 18.2 Å². The van der Waals surface area contributed by atoms with Crippen molar-refractivity contribution >= 4 is 24.2 Å². The van der Waals surface area contributed by atoms with Gasteiger partial charge in [0.15, 0.2) is 17.2 Å². The van der Waals surface area contributed by atoms with Gasteiger partial charge < -0.3 is 20.4 Å². The fourth-order valence-electron chi connectivity index (χ4n) is 1.85. The van der Waals surface area contributed by atoms with Crippen LogP contribution in [-0.2, 0) is 4.79 Å². The van der Waals surface area contributed by atoms with E-state index < -0.39 is 23.2 Å². The van der Waals surface area contributed by atoms with E-state index in [1.807, 2.05) is 6.07 Å². The van der Waals surface area contributed by atoms with E-state index in [-0.39, 0.29) is 0 Å². The minimum absolute atomic E-state index is 0.405. The number of carbonyl (C=O) groups is 1. The van der Waals surface area contributed by atoms with E-state index in [0.717, 1.165) is 17.2 Å². The Hall–Kier alpha value is -3.21. The molecule has 0 bridgehead atoms. The average molecular weight is 298 g/mol. The Bertz CT molecular complexity index is 736. The maximum atomic E-state index is 10.5. The summed E-state index contributed by atoms with van der Waals surface area (Å²) in [5, 5.41) is 36.7. The highest BCUT2D eigenvalue weighted by molar-refractivity contribution is 5.85. The van der Waals surface area contributed by atoms with Crippen molar-refractivity contribution < 1.29 is 25.2 Å². The van der Waals surface area contributed by atoms with Gasteiger partial charge in [-0.1, -0.05) is 30.4 Å². The molecule has 4 N–H and O–H groups in total. The third-order valence-corrected chi connectivity index (χ3v) is 2.89. The number of hydrogen-bond donors (Lipinski definition) is 4. The van der Waals surface area contributed by atoms with Crippen molar-refractivity contribution in [1.82, 2.24) is 0 Å². The Labute approximate surface area is 126 Å². The smallest absolute Gasteiger partial charge is 0.328 e. The Morgan fingerprint density at radius 1 is 0.818 bits per heavy atom. The van der Waals surface area contributed by atoms with Gasteiger partial charge in [-0.05, 0) is 41.0 Å². The molecule has 0 aliphatic carbocycles. The van der Waals surface area contributed by atoms with Gasteiger partial charge in [-0.25, -0.2) is 4.79 Å². The molecule has 2 aromatic rings. The Morgan fingerprint density at radius 2 is 1.36 bits per heavy atom. The minimum Gasteiger partial charge on any atom is -0.504 e. The van der Waals surface area contributed by atoms with Crippen LogP contribution in [0.15, 0.2) is 42.5 Å². The molecule has 0 saturated carbocycles. The number of phenols is 3. The van der Waals surface area contributed by atoms with Crippen LogP contribution < -0.4 is 0 Å². The number of aromatic hydroxyl groups is 3. The van der Waals surface area contributed by atoms with E-state index in [1.54, 1.807) is 30.4 Å². The topological polar surface area (TPSA) is 98.0 Å². The monoisotopic (exact) mass is 298 g/mol. The van der Waals surface area contributed by atoms with Gasteiger partial charge in [0.2, 0.25) is 0 Å². The van der Waals surface area contributed by atoms with Crippen molar-refractivity contribution in [2.75, 3.05) is 0 Å². The van der Waals surface area contributed by atoms with Crippen molar-refractivity contribution in [3.8, 4) is 17.2 Å². The molecule has 0 atom stereocenters. The maximum absolute atomic E-state index is 10.5. The molecule has 0 fully saturated rings. The summed E-state index contributed by atoms with van der Waals surface area (Å²) in [6, 6.07) is 9.81. The summed E-state index contributed by atoms with van der Waals surface area (Å²) < 4.78 is 0. The van der Waals surface area contributed by atoms with Gasteiger partial charge in [0.05, 0.1) is 0 Å². The van der Waals surface area contributed by atoms with Gasteiger partial charge in [-0.15, -0.1) is 0 Å². The zero-order chi connectivity index (χ0) is 16.1. The molecular formula is C17H14O5. The predicted octanol–water partition coefficient (Wildman–Crippen LogP) is 3.07. The largest absolute Gasteiger partial charge is 0.504 e. The second-order valence-electron chi connectivity index (χ2n) is 4.58. The van der Waals surface area contributed by atoms with Crippen LogP contribution in [0.3, 0.4) is 0 Å². The van der Waals surface area contributed by atoms with Crippen LogP contribution in [-0.4, -0.2) is 26.4 Å². The molecule has 0 aliphatic heterocycles. The molecule has 0 aromatic heterocycles. The third kappa shape index (κ3) is 3.89. The minimum atomic E-state index is -1.02. The van der Waals surface area contributed by atoms with Crippen molar-refractivity contribution in [2.24, 2.45) is 0 Å². The summed E-state index contributed by atoms with van der Waals surface area (Å²) in [7, 11) is 0. The van der Waals surface area contributed by atoms with Gasteiger partial charge in [0, 0.05) is 6.08 Å². The first kappa shape index (κ1) is 15.2. The summed E-state index contributed by atoms with van der Waals surface area (Å²) in [6.07, 6.45) is 5.93. The zero-order valence-corrected chi connectivity index (χ0v) is 11.5. The zero-order valence-electron chi connectivity index (χ0n) is 11.5. The molecule has 0 spiro atoms. The van der Waals surface area contributed by atoms with Gasteiger partial charge in [-0.3, -0.25) is 0 Å². The number of carboxylic acids is 1. The molecule has 0 amide bonds. The quantitative estimate of drug-likeness (QED) is 0.395. The molecule has 22 heavy (non-hydrogen) atoms. The second-order valence-corrected chi connectivity index (χ2v) is 4.58. The highest BCUT2D eigenvalue weighted by Gasteiger charge is 2.06. The number of phenolic OH excluding ortho intramolecular Hbond substituents is 3. The lowest BCUT2D eigenvalue weighted by Crippen LogP contribution is -1.85. The summed E-state index contributed by atoms with van der Waals surface area (Å²) in [4.78, 5) is 10.5. The molecule has 2 rings (SSSR count). The van der Waals surface area contributed by atoms with Crippen molar-refractivity contribution in [3.63, 3.8) is 0 Å². The molecular weight excluding hydrogens is 284 g/mol. The average Bonchev–Trinajstić information content (AvgIpc) is 2.49. The Balaban J connectivity index is 2.23. The van der Waals surface area contributed by atoms with Gasteiger partial charge in [0.1, 0.15) is 0 Å². The van der Waals surface area contributed by atoms with E-state index in [9.17, 15) is 20.1 Å². The van der Waals surface area contributed by atoms with Crippen LogP contribution in [0.5, 0.6) is 17.2 Å². The molecule has 112 valence electrons. The maximum Gasteiger partial charge on any atom is 0.328 e. The predicted molar refractivity (Wildman–Crippen MR) is 83.5 cm³/mol. The number of hydrogen-bond acceptors (Lipinski definition) is 4.